The van der Waals surface area contributed by atoms with Crippen molar-refractivity contribution in [3.8, 4) is 0 Å². The molecule has 0 aromatic carbocycles. The highest BCUT2D eigenvalue weighted by Crippen LogP contribution is 2.42. The fourth-order valence-electron chi connectivity index (χ4n) is 3.34. The highest BCUT2D eigenvalue weighted by molar-refractivity contribution is 4.96. The third-order valence-electron chi connectivity index (χ3n) is 4.66. The molecule has 2 heterocycles. The van der Waals surface area contributed by atoms with Gasteiger partial charge in [-0.25, -0.2) is 0 Å². The first kappa shape index (κ1) is 14.3. The van der Waals surface area contributed by atoms with Gasteiger partial charge in [0.2, 0.25) is 0 Å². The minimum atomic E-state index is -0.705. The van der Waals surface area contributed by atoms with Gasteiger partial charge in [0.25, 0.3) is 0 Å². The minimum absolute atomic E-state index is 0.0575. The molecule has 0 bridgehead atoms. The van der Waals surface area contributed by atoms with Crippen molar-refractivity contribution < 1.29 is 19.3 Å². The van der Waals surface area contributed by atoms with Gasteiger partial charge in [-0.05, 0) is 38.0 Å². The van der Waals surface area contributed by atoms with Crippen molar-refractivity contribution in [1.29, 1.82) is 0 Å². The van der Waals surface area contributed by atoms with Crippen LogP contribution in [0.1, 0.15) is 39.0 Å². The molecular formula is C14H26O4. The number of aliphatic hydroxyl groups is 1. The molecule has 4 heteroatoms. The van der Waals surface area contributed by atoms with E-state index in [2.05, 4.69) is 0 Å². The summed E-state index contributed by atoms with van der Waals surface area (Å²) in [6, 6.07) is 0. The van der Waals surface area contributed by atoms with Crippen LogP contribution in [0.3, 0.4) is 0 Å². The van der Waals surface area contributed by atoms with Crippen molar-refractivity contribution in [2.24, 2.45) is 5.92 Å². The highest BCUT2D eigenvalue weighted by Gasteiger charge is 2.45. The average molecular weight is 258 g/mol. The molecule has 18 heavy (non-hydrogen) atoms. The summed E-state index contributed by atoms with van der Waals surface area (Å²) in [5.74, 6) is 0.272. The Bertz CT molecular complexity index is 257. The Balaban J connectivity index is 2.04. The second kappa shape index (κ2) is 5.87. The van der Waals surface area contributed by atoms with Gasteiger partial charge in [-0.3, -0.25) is 0 Å². The number of ether oxygens (including phenoxy) is 3. The van der Waals surface area contributed by atoms with E-state index < -0.39 is 5.60 Å². The SMILES string of the molecule is CCC(O)(COC)C1CCOC2(CCOCC2)C1. The van der Waals surface area contributed by atoms with Crippen LogP contribution in [0.5, 0.6) is 0 Å². The van der Waals surface area contributed by atoms with Crippen molar-refractivity contribution in [2.75, 3.05) is 33.5 Å². The molecule has 2 unspecified atom stereocenters. The lowest BCUT2D eigenvalue weighted by atomic mass is 9.72. The quantitative estimate of drug-likeness (QED) is 0.834. The van der Waals surface area contributed by atoms with E-state index in [1.165, 1.54) is 0 Å². The maximum atomic E-state index is 10.7. The highest BCUT2D eigenvalue weighted by atomic mass is 16.5. The molecule has 0 saturated carbocycles. The lowest BCUT2D eigenvalue weighted by Crippen LogP contribution is -2.52. The topological polar surface area (TPSA) is 47.9 Å². The molecule has 0 aromatic heterocycles. The zero-order chi connectivity index (χ0) is 13.1. The second-order valence-electron chi connectivity index (χ2n) is 5.72. The molecule has 4 nitrogen and oxygen atoms in total. The van der Waals surface area contributed by atoms with Crippen molar-refractivity contribution in [3.63, 3.8) is 0 Å². The summed E-state index contributed by atoms with van der Waals surface area (Å²) < 4.78 is 16.7. The Kier molecular flexibility index (Phi) is 4.64. The Hall–Kier alpha value is -0.160. The summed E-state index contributed by atoms with van der Waals surface area (Å²) in [4.78, 5) is 0. The van der Waals surface area contributed by atoms with E-state index in [0.717, 1.165) is 51.9 Å². The van der Waals surface area contributed by atoms with E-state index in [-0.39, 0.29) is 11.5 Å². The van der Waals surface area contributed by atoms with Gasteiger partial charge < -0.3 is 19.3 Å². The summed E-state index contributed by atoms with van der Waals surface area (Å²) in [5, 5.41) is 10.7. The normalized spacial score (nSPS) is 31.2. The van der Waals surface area contributed by atoms with Crippen LogP contribution in [0.4, 0.5) is 0 Å². The van der Waals surface area contributed by atoms with E-state index in [9.17, 15) is 5.11 Å². The lowest BCUT2D eigenvalue weighted by Gasteiger charge is -2.47. The largest absolute Gasteiger partial charge is 0.387 e. The molecule has 2 rings (SSSR count). The van der Waals surface area contributed by atoms with Gasteiger partial charge in [-0.15, -0.1) is 0 Å². The first-order chi connectivity index (χ1) is 8.64. The van der Waals surface area contributed by atoms with Crippen molar-refractivity contribution in [1.82, 2.24) is 0 Å². The molecule has 2 fully saturated rings. The number of rotatable bonds is 4. The van der Waals surface area contributed by atoms with Crippen LogP contribution in [-0.4, -0.2) is 49.8 Å². The average Bonchev–Trinajstić information content (AvgIpc) is 2.40. The Labute approximate surface area is 110 Å². The van der Waals surface area contributed by atoms with Crippen LogP contribution in [-0.2, 0) is 14.2 Å². The second-order valence-corrected chi connectivity index (χ2v) is 5.72. The maximum absolute atomic E-state index is 10.7. The van der Waals surface area contributed by atoms with E-state index in [1.807, 2.05) is 6.92 Å². The van der Waals surface area contributed by atoms with E-state index in [1.54, 1.807) is 7.11 Å². The Morgan fingerprint density at radius 2 is 2.06 bits per heavy atom. The molecule has 2 saturated heterocycles. The summed E-state index contributed by atoms with van der Waals surface area (Å²) in [7, 11) is 1.66. The van der Waals surface area contributed by atoms with Crippen molar-refractivity contribution in [3.05, 3.63) is 0 Å². The molecule has 106 valence electrons. The predicted octanol–water partition coefficient (Wildman–Crippen LogP) is 1.75. The fourth-order valence-corrected chi connectivity index (χ4v) is 3.34. The lowest BCUT2D eigenvalue weighted by molar-refractivity contribution is -0.184. The molecular weight excluding hydrogens is 232 g/mol. The maximum Gasteiger partial charge on any atom is 0.0907 e. The van der Waals surface area contributed by atoms with Crippen LogP contribution in [0.2, 0.25) is 0 Å². The van der Waals surface area contributed by atoms with Gasteiger partial charge in [-0.1, -0.05) is 6.92 Å². The van der Waals surface area contributed by atoms with E-state index in [0.29, 0.717) is 6.61 Å². The summed E-state index contributed by atoms with van der Waals surface area (Å²) >= 11 is 0. The van der Waals surface area contributed by atoms with Crippen LogP contribution in [0.15, 0.2) is 0 Å². The fraction of sp³-hybridized carbons (Fsp3) is 1.00. The molecule has 0 aliphatic carbocycles. The first-order valence-electron chi connectivity index (χ1n) is 7.07. The number of hydrogen-bond acceptors (Lipinski definition) is 4. The van der Waals surface area contributed by atoms with Gasteiger partial charge in [0.1, 0.15) is 0 Å². The standard InChI is InChI=1S/C14H26O4/c1-3-14(15,11-16-2)12-4-7-18-13(10-12)5-8-17-9-6-13/h12,15H,3-11H2,1-2H3. The third kappa shape index (κ3) is 2.87. The zero-order valence-electron chi connectivity index (χ0n) is 11.6. The van der Waals surface area contributed by atoms with E-state index in [4.69, 9.17) is 14.2 Å². The van der Waals surface area contributed by atoms with E-state index >= 15 is 0 Å². The molecule has 1 spiro atoms. The van der Waals surface area contributed by atoms with Crippen LogP contribution < -0.4 is 0 Å². The van der Waals surface area contributed by atoms with Gasteiger partial charge in [0, 0.05) is 26.9 Å². The smallest absolute Gasteiger partial charge is 0.0907 e. The molecule has 2 atom stereocenters. The van der Waals surface area contributed by atoms with Crippen LogP contribution >= 0.6 is 0 Å². The predicted molar refractivity (Wildman–Crippen MR) is 68.6 cm³/mol. The molecule has 2 aliphatic rings. The molecule has 0 amide bonds. The monoisotopic (exact) mass is 258 g/mol. The number of methoxy groups -OCH3 is 1. The van der Waals surface area contributed by atoms with Crippen LogP contribution in [0.25, 0.3) is 0 Å². The third-order valence-corrected chi connectivity index (χ3v) is 4.66. The molecule has 1 N–H and O–H groups in total. The molecule has 0 aromatic rings. The summed E-state index contributed by atoms with van der Waals surface area (Å²) in [6.45, 7) is 4.76. The Morgan fingerprint density at radius 3 is 2.67 bits per heavy atom. The van der Waals surface area contributed by atoms with Gasteiger partial charge in [-0.2, -0.15) is 0 Å². The summed E-state index contributed by atoms with van der Waals surface area (Å²) in [5.41, 5.74) is -0.762. The first-order valence-corrected chi connectivity index (χ1v) is 7.07. The van der Waals surface area contributed by atoms with Crippen molar-refractivity contribution in [2.45, 2.75) is 50.2 Å². The minimum Gasteiger partial charge on any atom is -0.387 e. The van der Waals surface area contributed by atoms with Crippen LogP contribution in [0, 0.1) is 5.92 Å². The van der Waals surface area contributed by atoms with Gasteiger partial charge in [0.05, 0.1) is 17.8 Å². The zero-order valence-corrected chi connectivity index (χ0v) is 11.6. The molecule has 2 aliphatic heterocycles. The molecule has 0 radical (unpaired) electrons. The van der Waals surface area contributed by atoms with Gasteiger partial charge in [0.15, 0.2) is 0 Å². The Morgan fingerprint density at radius 1 is 1.33 bits per heavy atom. The van der Waals surface area contributed by atoms with Gasteiger partial charge >= 0.3 is 0 Å². The number of hydrogen-bond donors (Lipinski definition) is 1. The summed E-state index contributed by atoms with van der Waals surface area (Å²) in [6.07, 6.45) is 4.50. The van der Waals surface area contributed by atoms with Crippen molar-refractivity contribution >= 4 is 0 Å².